The van der Waals surface area contributed by atoms with E-state index in [0.29, 0.717) is 11.3 Å². The highest BCUT2D eigenvalue weighted by Crippen LogP contribution is 2.25. The maximum absolute atomic E-state index is 12.0. The van der Waals surface area contributed by atoms with E-state index in [0.717, 1.165) is 24.3 Å². The van der Waals surface area contributed by atoms with E-state index >= 15 is 0 Å². The second-order valence-corrected chi connectivity index (χ2v) is 4.55. The Labute approximate surface area is 116 Å². The summed E-state index contributed by atoms with van der Waals surface area (Å²) in [6.45, 7) is 0.934. The molecule has 0 radical (unpaired) electrons. The zero-order chi connectivity index (χ0) is 13.9. The smallest absolute Gasteiger partial charge is 0.274 e. The summed E-state index contributed by atoms with van der Waals surface area (Å²) in [4.78, 5) is 16.0. The molecule has 0 unspecified atom stereocenters. The molecule has 2 aromatic rings. The van der Waals surface area contributed by atoms with Gasteiger partial charge in [-0.2, -0.15) is 5.26 Å². The minimum Gasteiger partial charge on any atom is -0.384 e. The van der Waals surface area contributed by atoms with E-state index in [1.165, 1.54) is 11.8 Å². The summed E-state index contributed by atoms with van der Waals surface area (Å²) in [6, 6.07) is 10.9. The third-order valence-electron chi connectivity index (χ3n) is 3.20. The monoisotopic (exact) mass is 264 g/mol. The van der Waals surface area contributed by atoms with E-state index < -0.39 is 0 Å². The zero-order valence-electron chi connectivity index (χ0n) is 10.7. The molecule has 2 heterocycles. The standard InChI is InChI=1S/C15H12N4O/c16-8-10-1-3-14(18-9-10)15(20)19-12-2-4-13-11(7-12)5-6-17-13/h1-4,7,9,17H,5-6H2,(H,19,20). The first-order valence-corrected chi connectivity index (χ1v) is 6.30. The zero-order valence-corrected chi connectivity index (χ0v) is 10.7. The molecule has 20 heavy (non-hydrogen) atoms. The van der Waals surface area contributed by atoms with Gasteiger partial charge in [-0.15, -0.1) is 0 Å². The summed E-state index contributed by atoms with van der Waals surface area (Å²) >= 11 is 0. The molecule has 0 fully saturated rings. The van der Waals surface area contributed by atoms with Crippen molar-refractivity contribution in [2.24, 2.45) is 0 Å². The number of carbonyl (C=O) groups is 1. The Morgan fingerprint density at radius 2 is 2.25 bits per heavy atom. The number of nitriles is 1. The van der Waals surface area contributed by atoms with Crippen molar-refractivity contribution in [1.82, 2.24) is 4.98 Å². The first-order chi connectivity index (χ1) is 9.76. The minimum absolute atomic E-state index is 0.277. The van der Waals surface area contributed by atoms with Gasteiger partial charge in [-0.25, -0.2) is 4.98 Å². The first kappa shape index (κ1) is 12.2. The van der Waals surface area contributed by atoms with Crippen LogP contribution in [0.25, 0.3) is 0 Å². The summed E-state index contributed by atoms with van der Waals surface area (Å²) in [7, 11) is 0. The maximum atomic E-state index is 12.0. The highest BCUT2D eigenvalue weighted by Gasteiger charge is 2.12. The number of nitrogens with one attached hydrogen (secondary N) is 2. The van der Waals surface area contributed by atoms with E-state index in [4.69, 9.17) is 5.26 Å². The van der Waals surface area contributed by atoms with Gasteiger partial charge in [0.2, 0.25) is 0 Å². The molecule has 2 N–H and O–H groups in total. The Kier molecular flexibility index (Phi) is 3.05. The number of amides is 1. The van der Waals surface area contributed by atoms with Crippen LogP contribution >= 0.6 is 0 Å². The molecule has 0 spiro atoms. The van der Waals surface area contributed by atoms with Crippen molar-refractivity contribution in [2.45, 2.75) is 6.42 Å². The summed E-state index contributed by atoms with van der Waals surface area (Å²) in [5.41, 5.74) is 3.81. The number of hydrogen-bond acceptors (Lipinski definition) is 4. The Morgan fingerprint density at radius 1 is 1.35 bits per heavy atom. The SMILES string of the molecule is N#Cc1ccc(C(=O)Nc2ccc3c(c2)CCN3)nc1. The van der Waals surface area contributed by atoms with Crippen LogP contribution in [0.15, 0.2) is 36.5 Å². The van der Waals surface area contributed by atoms with Crippen LogP contribution in [0.1, 0.15) is 21.6 Å². The van der Waals surface area contributed by atoms with Gasteiger partial charge < -0.3 is 10.6 Å². The van der Waals surface area contributed by atoms with Crippen molar-refractivity contribution >= 4 is 17.3 Å². The lowest BCUT2D eigenvalue weighted by molar-refractivity contribution is 0.102. The van der Waals surface area contributed by atoms with Crippen LogP contribution in [-0.4, -0.2) is 17.4 Å². The predicted molar refractivity (Wildman–Crippen MR) is 75.5 cm³/mol. The number of aromatic nitrogens is 1. The number of fused-ring (bicyclic) bond motifs is 1. The fraction of sp³-hybridized carbons (Fsp3) is 0.133. The molecular formula is C15H12N4O. The minimum atomic E-state index is -0.277. The van der Waals surface area contributed by atoms with Gasteiger partial charge in [0.15, 0.2) is 0 Å². The lowest BCUT2D eigenvalue weighted by Gasteiger charge is -2.07. The van der Waals surface area contributed by atoms with Gasteiger partial charge >= 0.3 is 0 Å². The van der Waals surface area contributed by atoms with Crippen LogP contribution in [0.2, 0.25) is 0 Å². The Balaban J connectivity index is 1.77. The maximum Gasteiger partial charge on any atom is 0.274 e. The molecule has 98 valence electrons. The fourth-order valence-electron chi connectivity index (χ4n) is 2.17. The summed E-state index contributed by atoms with van der Waals surface area (Å²) < 4.78 is 0. The molecule has 0 saturated carbocycles. The summed E-state index contributed by atoms with van der Waals surface area (Å²) in [5.74, 6) is -0.277. The molecule has 1 amide bonds. The molecule has 5 nitrogen and oxygen atoms in total. The highest BCUT2D eigenvalue weighted by atomic mass is 16.1. The van der Waals surface area contributed by atoms with Crippen molar-refractivity contribution in [3.8, 4) is 6.07 Å². The third kappa shape index (κ3) is 2.31. The number of rotatable bonds is 2. The van der Waals surface area contributed by atoms with E-state index in [9.17, 15) is 4.79 Å². The van der Waals surface area contributed by atoms with Crippen LogP contribution in [0.4, 0.5) is 11.4 Å². The van der Waals surface area contributed by atoms with E-state index in [1.807, 2.05) is 24.3 Å². The number of carbonyl (C=O) groups excluding carboxylic acids is 1. The molecule has 0 saturated heterocycles. The Morgan fingerprint density at radius 3 is 3.00 bits per heavy atom. The number of nitrogens with zero attached hydrogens (tertiary/aromatic N) is 2. The van der Waals surface area contributed by atoms with Crippen molar-refractivity contribution in [2.75, 3.05) is 17.2 Å². The fourth-order valence-corrected chi connectivity index (χ4v) is 2.17. The quantitative estimate of drug-likeness (QED) is 0.871. The van der Waals surface area contributed by atoms with Gasteiger partial charge in [0.1, 0.15) is 11.8 Å². The van der Waals surface area contributed by atoms with Crippen LogP contribution < -0.4 is 10.6 Å². The van der Waals surface area contributed by atoms with E-state index in [-0.39, 0.29) is 5.91 Å². The van der Waals surface area contributed by atoms with Crippen LogP contribution in [0, 0.1) is 11.3 Å². The number of benzene rings is 1. The van der Waals surface area contributed by atoms with Gasteiger partial charge in [-0.3, -0.25) is 4.79 Å². The van der Waals surface area contributed by atoms with Crippen molar-refractivity contribution in [3.63, 3.8) is 0 Å². The van der Waals surface area contributed by atoms with Gasteiger partial charge in [-0.1, -0.05) is 0 Å². The average molecular weight is 264 g/mol. The summed E-state index contributed by atoms with van der Waals surface area (Å²) in [5, 5.41) is 14.8. The van der Waals surface area contributed by atoms with E-state index in [1.54, 1.807) is 12.1 Å². The van der Waals surface area contributed by atoms with Gasteiger partial charge in [0, 0.05) is 24.1 Å². The highest BCUT2D eigenvalue weighted by molar-refractivity contribution is 6.03. The number of pyridine rings is 1. The predicted octanol–water partition coefficient (Wildman–Crippen LogP) is 2.17. The molecule has 1 aliphatic heterocycles. The van der Waals surface area contributed by atoms with Crippen LogP contribution in [0.5, 0.6) is 0 Å². The topological polar surface area (TPSA) is 77.8 Å². The van der Waals surface area contributed by atoms with Gasteiger partial charge in [-0.05, 0) is 42.3 Å². The normalized spacial score (nSPS) is 12.2. The van der Waals surface area contributed by atoms with Gasteiger partial charge in [0.25, 0.3) is 5.91 Å². The molecule has 1 aromatic heterocycles. The van der Waals surface area contributed by atoms with Crippen LogP contribution in [-0.2, 0) is 6.42 Å². The molecule has 1 aromatic carbocycles. The third-order valence-corrected chi connectivity index (χ3v) is 3.20. The molecule has 0 aliphatic carbocycles. The van der Waals surface area contributed by atoms with Crippen molar-refractivity contribution < 1.29 is 4.79 Å². The second kappa shape index (κ2) is 5.02. The number of anilines is 2. The second-order valence-electron chi connectivity index (χ2n) is 4.55. The largest absolute Gasteiger partial charge is 0.384 e. The Bertz CT molecular complexity index is 701. The Hall–Kier alpha value is -2.87. The van der Waals surface area contributed by atoms with Crippen LogP contribution in [0.3, 0.4) is 0 Å². The average Bonchev–Trinajstić information content (AvgIpc) is 2.95. The lowest BCUT2D eigenvalue weighted by Crippen LogP contribution is -2.13. The van der Waals surface area contributed by atoms with Crippen molar-refractivity contribution in [3.05, 3.63) is 53.3 Å². The van der Waals surface area contributed by atoms with Gasteiger partial charge in [0.05, 0.1) is 5.56 Å². The summed E-state index contributed by atoms with van der Waals surface area (Å²) in [6.07, 6.45) is 2.36. The van der Waals surface area contributed by atoms with Crippen molar-refractivity contribution in [1.29, 1.82) is 5.26 Å². The molecule has 3 rings (SSSR count). The lowest BCUT2D eigenvalue weighted by atomic mass is 10.1. The molecular weight excluding hydrogens is 252 g/mol. The van der Waals surface area contributed by atoms with E-state index in [2.05, 4.69) is 15.6 Å². The molecule has 0 atom stereocenters. The molecule has 0 bridgehead atoms. The first-order valence-electron chi connectivity index (χ1n) is 6.30. The molecule has 5 heteroatoms. The molecule has 1 aliphatic rings. The number of hydrogen-bond donors (Lipinski definition) is 2.